The van der Waals surface area contributed by atoms with Crippen molar-refractivity contribution in [3.05, 3.63) is 35.4 Å². The predicted molar refractivity (Wildman–Crippen MR) is 68.5 cm³/mol. The third-order valence-electron chi connectivity index (χ3n) is 2.83. The fraction of sp³-hybridized carbons (Fsp3) is 0.571. The summed E-state index contributed by atoms with van der Waals surface area (Å²) in [6.45, 7) is 5.65. The number of aryl methyl sites for hydroxylation is 1. The molecule has 1 rings (SSSR count). The van der Waals surface area contributed by atoms with Crippen LogP contribution in [-0.2, 0) is 0 Å². The zero-order valence-electron chi connectivity index (χ0n) is 10.4. The molecule has 0 bridgehead atoms. The molecule has 1 atom stereocenters. The van der Waals surface area contributed by atoms with Gasteiger partial charge in [0.1, 0.15) is 0 Å². The van der Waals surface area contributed by atoms with Crippen LogP contribution in [0, 0.1) is 6.92 Å². The fourth-order valence-electron chi connectivity index (χ4n) is 1.79. The lowest BCUT2D eigenvalue weighted by atomic mass is 10.1. The molecule has 16 heavy (non-hydrogen) atoms. The predicted octanol–water partition coefficient (Wildman–Crippen LogP) is 2.81. The molecule has 90 valence electrons. The van der Waals surface area contributed by atoms with E-state index in [1.54, 1.807) is 0 Å². The van der Waals surface area contributed by atoms with Crippen molar-refractivity contribution in [3.63, 3.8) is 0 Å². The standard InChI is InChI=1S/C14H23NO/c1-12-7-6-8-14(11-12)13(2)15-9-4-3-5-10-16/h6-8,11,13,15-16H,3-5,9-10H2,1-2H3. The van der Waals surface area contributed by atoms with E-state index in [2.05, 4.69) is 43.4 Å². The fourth-order valence-corrected chi connectivity index (χ4v) is 1.79. The summed E-state index contributed by atoms with van der Waals surface area (Å²) in [5.41, 5.74) is 2.66. The molecule has 0 spiro atoms. The third kappa shape index (κ3) is 4.77. The number of aliphatic hydroxyl groups is 1. The van der Waals surface area contributed by atoms with Gasteiger partial charge in [0.25, 0.3) is 0 Å². The average Bonchev–Trinajstić information content (AvgIpc) is 2.28. The number of aliphatic hydroxyl groups excluding tert-OH is 1. The Morgan fingerprint density at radius 1 is 1.25 bits per heavy atom. The summed E-state index contributed by atoms with van der Waals surface area (Å²) in [5.74, 6) is 0. The molecule has 0 heterocycles. The molecule has 0 radical (unpaired) electrons. The first-order valence-corrected chi connectivity index (χ1v) is 6.15. The minimum atomic E-state index is 0.313. The monoisotopic (exact) mass is 221 g/mol. The minimum absolute atomic E-state index is 0.313. The van der Waals surface area contributed by atoms with Gasteiger partial charge in [0.2, 0.25) is 0 Å². The van der Waals surface area contributed by atoms with Crippen LogP contribution in [0.3, 0.4) is 0 Å². The van der Waals surface area contributed by atoms with Crippen LogP contribution in [0.2, 0.25) is 0 Å². The Bertz CT molecular complexity index is 299. The number of nitrogens with one attached hydrogen (secondary N) is 1. The summed E-state index contributed by atoms with van der Waals surface area (Å²) < 4.78 is 0. The number of hydrogen-bond donors (Lipinski definition) is 2. The quantitative estimate of drug-likeness (QED) is 0.694. The van der Waals surface area contributed by atoms with Crippen LogP contribution in [0.4, 0.5) is 0 Å². The zero-order valence-corrected chi connectivity index (χ0v) is 10.4. The smallest absolute Gasteiger partial charge is 0.0431 e. The molecule has 0 aliphatic heterocycles. The van der Waals surface area contributed by atoms with Crippen LogP contribution >= 0.6 is 0 Å². The van der Waals surface area contributed by atoms with E-state index in [1.807, 2.05) is 0 Å². The summed E-state index contributed by atoms with van der Waals surface area (Å²) in [4.78, 5) is 0. The highest BCUT2D eigenvalue weighted by atomic mass is 16.2. The first-order chi connectivity index (χ1) is 7.74. The van der Waals surface area contributed by atoms with Gasteiger partial charge in [0.05, 0.1) is 0 Å². The Kier molecular flexibility index (Phi) is 6.12. The van der Waals surface area contributed by atoms with Crippen molar-refractivity contribution in [2.24, 2.45) is 0 Å². The van der Waals surface area contributed by atoms with Crippen LogP contribution in [0.25, 0.3) is 0 Å². The molecule has 0 aliphatic rings. The molecule has 0 saturated heterocycles. The summed E-state index contributed by atoms with van der Waals surface area (Å²) in [5, 5.41) is 12.2. The normalized spacial score (nSPS) is 12.7. The minimum Gasteiger partial charge on any atom is -0.396 e. The summed E-state index contributed by atoms with van der Waals surface area (Å²) in [6, 6.07) is 9.03. The second-order valence-corrected chi connectivity index (χ2v) is 4.37. The van der Waals surface area contributed by atoms with Gasteiger partial charge in [-0.05, 0) is 45.2 Å². The van der Waals surface area contributed by atoms with Crippen molar-refractivity contribution < 1.29 is 5.11 Å². The maximum atomic E-state index is 8.66. The van der Waals surface area contributed by atoms with Crippen molar-refractivity contribution in [2.45, 2.75) is 39.2 Å². The maximum Gasteiger partial charge on any atom is 0.0431 e. The largest absolute Gasteiger partial charge is 0.396 e. The van der Waals surface area contributed by atoms with Crippen molar-refractivity contribution in [1.82, 2.24) is 5.32 Å². The van der Waals surface area contributed by atoms with E-state index in [-0.39, 0.29) is 0 Å². The Morgan fingerprint density at radius 3 is 2.75 bits per heavy atom. The van der Waals surface area contributed by atoms with E-state index in [4.69, 9.17) is 5.11 Å². The first-order valence-electron chi connectivity index (χ1n) is 6.15. The Morgan fingerprint density at radius 2 is 2.06 bits per heavy atom. The SMILES string of the molecule is Cc1cccc(C(C)NCCCCCO)c1. The van der Waals surface area contributed by atoms with Crippen LogP contribution in [0.15, 0.2) is 24.3 Å². The Hall–Kier alpha value is -0.860. The molecule has 1 unspecified atom stereocenters. The Balaban J connectivity index is 2.27. The summed E-state index contributed by atoms with van der Waals surface area (Å²) >= 11 is 0. The zero-order chi connectivity index (χ0) is 11.8. The molecule has 2 N–H and O–H groups in total. The van der Waals surface area contributed by atoms with E-state index >= 15 is 0 Å². The van der Waals surface area contributed by atoms with Gasteiger partial charge < -0.3 is 10.4 Å². The van der Waals surface area contributed by atoms with Gasteiger partial charge in [-0.1, -0.05) is 29.8 Å². The highest BCUT2D eigenvalue weighted by Gasteiger charge is 2.03. The lowest BCUT2D eigenvalue weighted by Gasteiger charge is -2.14. The third-order valence-corrected chi connectivity index (χ3v) is 2.83. The second kappa shape index (κ2) is 7.42. The maximum absolute atomic E-state index is 8.66. The highest BCUT2D eigenvalue weighted by Crippen LogP contribution is 2.13. The first kappa shape index (κ1) is 13.2. The number of unbranched alkanes of at least 4 members (excludes halogenated alkanes) is 2. The van der Waals surface area contributed by atoms with Gasteiger partial charge in [-0.15, -0.1) is 0 Å². The molecular weight excluding hydrogens is 198 g/mol. The lowest BCUT2D eigenvalue weighted by molar-refractivity contribution is 0.282. The van der Waals surface area contributed by atoms with E-state index in [0.29, 0.717) is 12.6 Å². The van der Waals surface area contributed by atoms with Crippen LogP contribution in [0.5, 0.6) is 0 Å². The molecule has 0 saturated carbocycles. The van der Waals surface area contributed by atoms with E-state index in [0.717, 1.165) is 25.8 Å². The van der Waals surface area contributed by atoms with Crippen molar-refractivity contribution in [3.8, 4) is 0 Å². The van der Waals surface area contributed by atoms with E-state index < -0.39 is 0 Å². The van der Waals surface area contributed by atoms with Crippen LogP contribution in [-0.4, -0.2) is 18.3 Å². The van der Waals surface area contributed by atoms with Crippen LogP contribution < -0.4 is 5.32 Å². The van der Waals surface area contributed by atoms with Crippen molar-refractivity contribution in [2.75, 3.05) is 13.2 Å². The Labute approximate surface area is 98.7 Å². The van der Waals surface area contributed by atoms with E-state index in [9.17, 15) is 0 Å². The highest BCUT2D eigenvalue weighted by molar-refractivity contribution is 5.24. The molecule has 0 aromatic heterocycles. The van der Waals surface area contributed by atoms with Crippen molar-refractivity contribution >= 4 is 0 Å². The van der Waals surface area contributed by atoms with Gasteiger partial charge in [0.15, 0.2) is 0 Å². The molecule has 1 aromatic carbocycles. The molecular formula is C14H23NO. The topological polar surface area (TPSA) is 32.3 Å². The van der Waals surface area contributed by atoms with Gasteiger partial charge in [-0.3, -0.25) is 0 Å². The van der Waals surface area contributed by atoms with Crippen molar-refractivity contribution in [1.29, 1.82) is 0 Å². The van der Waals surface area contributed by atoms with Crippen LogP contribution in [0.1, 0.15) is 43.4 Å². The summed E-state index contributed by atoms with van der Waals surface area (Å²) in [6.07, 6.45) is 3.15. The molecule has 0 aliphatic carbocycles. The van der Waals surface area contributed by atoms with Gasteiger partial charge in [0, 0.05) is 12.6 Å². The average molecular weight is 221 g/mol. The summed E-state index contributed by atoms with van der Waals surface area (Å²) in [7, 11) is 0. The second-order valence-electron chi connectivity index (χ2n) is 4.37. The number of rotatable bonds is 7. The lowest BCUT2D eigenvalue weighted by Crippen LogP contribution is -2.19. The van der Waals surface area contributed by atoms with E-state index in [1.165, 1.54) is 11.1 Å². The van der Waals surface area contributed by atoms with Gasteiger partial charge in [-0.25, -0.2) is 0 Å². The van der Waals surface area contributed by atoms with Gasteiger partial charge >= 0.3 is 0 Å². The molecule has 0 fully saturated rings. The number of hydrogen-bond acceptors (Lipinski definition) is 2. The van der Waals surface area contributed by atoms with Gasteiger partial charge in [-0.2, -0.15) is 0 Å². The molecule has 0 amide bonds. The molecule has 2 nitrogen and oxygen atoms in total. The molecule has 2 heteroatoms. The number of benzene rings is 1. The molecule has 1 aromatic rings.